The molecule has 0 amide bonds. The van der Waals surface area contributed by atoms with Crippen molar-refractivity contribution in [2.75, 3.05) is 0 Å². The minimum atomic E-state index is 0.946. The summed E-state index contributed by atoms with van der Waals surface area (Å²) in [5, 5.41) is 0. The molecule has 0 bridgehead atoms. The lowest BCUT2D eigenvalue weighted by molar-refractivity contribution is 0.0167. The SMILES string of the molecule is PC1CC(C2CCCC2)CC(C2CC(C3CCC3)C2)C1. The van der Waals surface area contributed by atoms with Crippen LogP contribution in [0, 0.1) is 35.5 Å². The van der Waals surface area contributed by atoms with E-state index >= 15 is 0 Å². The molecule has 0 aromatic carbocycles. The molecule has 0 N–H and O–H groups in total. The fourth-order valence-corrected chi connectivity index (χ4v) is 6.74. The molecule has 0 aromatic rings. The molecular weight excluding hydrogens is 259 g/mol. The van der Waals surface area contributed by atoms with Gasteiger partial charge < -0.3 is 0 Å². The van der Waals surface area contributed by atoms with Crippen LogP contribution in [0.5, 0.6) is 0 Å². The van der Waals surface area contributed by atoms with Crippen LogP contribution in [-0.2, 0) is 0 Å². The van der Waals surface area contributed by atoms with Gasteiger partial charge in [0.1, 0.15) is 0 Å². The average molecular weight is 292 g/mol. The largest absolute Gasteiger partial charge is 0.134 e. The monoisotopic (exact) mass is 292 g/mol. The predicted molar refractivity (Wildman–Crippen MR) is 89.8 cm³/mol. The van der Waals surface area contributed by atoms with Gasteiger partial charge in [0.15, 0.2) is 0 Å². The van der Waals surface area contributed by atoms with Gasteiger partial charge in [-0.25, -0.2) is 0 Å². The van der Waals surface area contributed by atoms with Crippen LogP contribution in [0.15, 0.2) is 0 Å². The molecule has 0 aromatic heterocycles. The van der Waals surface area contributed by atoms with Gasteiger partial charge in [-0.1, -0.05) is 44.9 Å². The van der Waals surface area contributed by atoms with Crippen molar-refractivity contribution >= 4 is 9.24 Å². The number of rotatable bonds is 3. The maximum Gasteiger partial charge on any atom is -0.0259 e. The molecule has 0 spiro atoms. The second-order valence-electron chi connectivity index (χ2n) is 8.71. The zero-order valence-corrected chi connectivity index (χ0v) is 14.3. The van der Waals surface area contributed by atoms with Crippen molar-refractivity contribution in [3.8, 4) is 0 Å². The molecule has 1 heteroatoms. The molecule has 4 rings (SSSR count). The highest BCUT2D eigenvalue weighted by Gasteiger charge is 2.43. The third kappa shape index (κ3) is 2.71. The van der Waals surface area contributed by atoms with Crippen LogP contribution in [0.2, 0.25) is 0 Å². The zero-order chi connectivity index (χ0) is 13.5. The molecule has 4 aliphatic carbocycles. The van der Waals surface area contributed by atoms with Crippen LogP contribution in [0.4, 0.5) is 0 Å². The number of hydrogen-bond acceptors (Lipinski definition) is 0. The summed E-state index contributed by atoms with van der Waals surface area (Å²) in [6.45, 7) is 0. The Kier molecular flexibility index (Phi) is 4.15. The highest BCUT2D eigenvalue weighted by atomic mass is 31.0. The minimum absolute atomic E-state index is 0.946. The maximum absolute atomic E-state index is 3.20. The van der Waals surface area contributed by atoms with Crippen molar-refractivity contribution in [1.82, 2.24) is 0 Å². The molecular formula is C19H33P. The lowest BCUT2D eigenvalue weighted by atomic mass is 9.56. The van der Waals surface area contributed by atoms with Crippen molar-refractivity contribution in [2.24, 2.45) is 35.5 Å². The first-order valence-corrected chi connectivity index (χ1v) is 10.2. The Labute approximate surface area is 128 Å². The van der Waals surface area contributed by atoms with Crippen LogP contribution in [0.1, 0.15) is 77.0 Å². The summed E-state index contributed by atoms with van der Waals surface area (Å²) in [5.74, 6) is 6.77. The standard InChI is InChI=1S/C19H33P/c20-19-11-17(13-4-1-2-5-13)10-18(12-19)16-8-15(9-16)14-6-3-7-14/h13-19H,1-12,20H2. The van der Waals surface area contributed by atoms with Gasteiger partial charge in [0.2, 0.25) is 0 Å². The molecule has 114 valence electrons. The van der Waals surface area contributed by atoms with Gasteiger partial charge in [-0.3, -0.25) is 0 Å². The lowest BCUT2D eigenvalue weighted by Gasteiger charge is -2.50. The summed E-state index contributed by atoms with van der Waals surface area (Å²) < 4.78 is 0. The van der Waals surface area contributed by atoms with E-state index in [1.165, 1.54) is 32.1 Å². The van der Waals surface area contributed by atoms with Crippen molar-refractivity contribution in [1.29, 1.82) is 0 Å². The van der Waals surface area contributed by atoms with Gasteiger partial charge in [0, 0.05) is 0 Å². The second-order valence-corrected chi connectivity index (χ2v) is 9.66. The van der Waals surface area contributed by atoms with Gasteiger partial charge in [-0.2, -0.15) is 0 Å². The molecule has 20 heavy (non-hydrogen) atoms. The Balaban J connectivity index is 1.31. The first-order valence-electron chi connectivity index (χ1n) is 9.55. The normalized spacial score (nSPS) is 47.0. The van der Waals surface area contributed by atoms with Gasteiger partial charge in [0.05, 0.1) is 0 Å². The van der Waals surface area contributed by atoms with Crippen LogP contribution in [-0.4, -0.2) is 5.66 Å². The molecule has 0 radical (unpaired) electrons. The third-order valence-electron chi connectivity index (χ3n) is 7.58. The highest BCUT2D eigenvalue weighted by Crippen LogP contribution is 2.54. The van der Waals surface area contributed by atoms with Gasteiger partial charge >= 0.3 is 0 Å². The fraction of sp³-hybridized carbons (Fsp3) is 1.00. The van der Waals surface area contributed by atoms with E-state index in [2.05, 4.69) is 9.24 Å². The Morgan fingerprint density at radius 1 is 0.450 bits per heavy atom. The molecule has 0 aliphatic heterocycles. The predicted octanol–water partition coefficient (Wildman–Crippen LogP) is 5.66. The van der Waals surface area contributed by atoms with Crippen molar-refractivity contribution in [2.45, 2.75) is 82.7 Å². The smallest absolute Gasteiger partial charge is 0.0259 e. The highest BCUT2D eigenvalue weighted by molar-refractivity contribution is 7.17. The zero-order valence-electron chi connectivity index (χ0n) is 13.1. The lowest BCUT2D eigenvalue weighted by Crippen LogP contribution is -2.40. The summed E-state index contributed by atoms with van der Waals surface area (Å²) in [6.07, 6.45) is 18.8. The van der Waals surface area contributed by atoms with E-state index in [0.29, 0.717) is 0 Å². The topological polar surface area (TPSA) is 0 Å². The van der Waals surface area contributed by atoms with Crippen molar-refractivity contribution < 1.29 is 0 Å². The second kappa shape index (κ2) is 5.91. The summed E-state index contributed by atoms with van der Waals surface area (Å²) in [6, 6.07) is 0. The molecule has 0 heterocycles. The van der Waals surface area contributed by atoms with Crippen LogP contribution >= 0.6 is 9.24 Å². The molecule has 4 unspecified atom stereocenters. The summed E-state index contributed by atoms with van der Waals surface area (Å²) >= 11 is 0. The Hall–Kier alpha value is 0.430. The molecule has 4 atom stereocenters. The molecule has 4 fully saturated rings. The van der Waals surface area contributed by atoms with Gasteiger partial charge in [-0.05, 0) is 73.3 Å². The molecule has 0 nitrogen and oxygen atoms in total. The summed E-state index contributed by atoms with van der Waals surface area (Å²) in [7, 11) is 3.20. The Morgan fingerprint density at radius 3 is 1.35 bits per heavy atom. The number of hydrogen-bond donors (Lipinski definition) is 0. The third-order valence-corrected chi connectivity index (χ3v) is 8.12. The van der Waals surface area contributed by atoms with Crippen molar-refractivity contribution in [3.05, 3.63) is 0 Å². The Bertz CT molecular complexity index is 323. The van der Waals surface area contributed by atoms with E-state index in [-0.39, 0.29) is 0 Å². The maximum atomic E-state index is 3.20. The van der Waals surface area contributed by atoms with Crippen LogP contribution in [0.3, 0.4) is 0 Å². The first-order chi connectivity index (χ1) is 9.79. The minimum Gasteiger partial charge on any atom is -0.134 e. The summed E-state index contributed by atoms with van der Waals surface area (Å²) in [4.78, 5) is 0. The summed E-state index contributed by atoms with van der Waals surface area (Å²) in [5.41, 5.74) is 0.946. The fourth-order valence-electron chi connectivity index (χ4n) is 6.04. The molecule has 4 saturated carbocycles. The van der Waals surface area contributed by atoms with Crippen molar-refractivity contribution in [3.63, 3.8) is 0 Å². The van der Waals surface area contributed by atoms with E-state index in [0.717, 1.165) is 41.2 Å². The molecule has 0 saturated heterocycles. The van der Waals surface area contributed by atoms with E-state index in [9.17, 15) is 0 Å². The molecule has 4 aliphatic rings. The first kappa shape index (κ1) is 14.0. The van der Waals surface area contributed by atoms with E-state index in [4.69, 9.17) is 0 Å². The van der Waals surface area contributed by atoms with E-state index in [1.54, 1.807) is 44.9 Å². The van der Waals surface area contributed by atoms with Gasteiger partial charge in [-0.15, -0.1) is 9.24 Å². The average Bonchev–Trinajstić information content (AvgIpc) is 2.83. The van der Waals surface area contributed by atoms with Crippen LogP contribution in [0.25, 0.3) is 0 Å². The van der Waals surface area contributed by atoms with E-state index < -0.39 is 0 Å². The van der Waals surface area contributed by atoms with Crippen LogP contribution < -0.4 is 0 Å². The quantitative estimate of drug-likeness (QED) is 0.588. The van der Waals surface area contributed by atoms with E-state index in [1.807, 2.05) is 0 Å². The Morgan fingerprint density at radius 2 is 0.850 bits per heavy atom. The van der Waals surface area contributed by atoms with Gasteiger partial charge in [0.25, 0.3) is 0 Å².